The Hall–Kier alpha value is -3.41. The maximum absolute atomic E-state index is 12.3. The molecule has 2 amide bonds. The standard InChI is InChI=1S/C21H21N3O3/c1-14-18(24-21(27-14)16-6-4-3-5-7-16)13-20(26)23-17-10-8-15(9-11-17)12-19(25)22-2/h3-11H,12-13H2,1-2H3,(H,22,25)(H,23,26). The topological polar surface area (TPSA) is 84.2 Å². The van der Waals surface area contributed by atoms with E-state index in [4.69, 9.17) is 4.42 Å². The van der Waals surface area contributed by atoms with Gasteiger partial charge in [0.1, 0.15) is 5.76 Å². The molecule has 0 aliphatic heterocycles. The molecule has 0 atom stereocenters. The molecule has 6 heteroatoms. The SMILES string of the molecule is CNC(=O)Cc1ccc(NC(=O)Cc2nc(-c3ccccc3)oc2C)cc1. The van der Waals surface area contributed by atoms with E-state index in [2.05, 4.69) is 15.6 Å². The average molecular weight is 363 g/mol. The normalized spacial score (nSPS) is 10.4. The van der Waals surface area contributed by atoms with Crippen molar-refractivity contribution in [2.45, 2.75) is 19.8 Å². The molecule has 0 spiro atoms. The van der Waals surface area contributed by atoms with E-state index >= 15 is 0 Å². The lowest BCUT2D eigenvalue weighted by atomic mass is 10.1. The number of aryl methyl sites for hydroxylation is 1. The van der Waals surface area contributed by atoms with Crippen molar-refractivity contribution in [1.29, 1.82) is 0 Å². The summed E-state index contributed by atoms with van der Waals surface area (Å²) < 4.78 is 5.69. The Bertz CT molecular complexity index is 931. The summed E-state index contributed by atoms with van der Waals surface area (Å²) >= 11 is 0. The minimum absolute atomic E-state index is 0.0532. The molecule has 6 nitrogen and oxygen atoms in total. The Kier molecular flexibility index (Phi) is 5.66. The second kappa shape index (κ2) is 8.31. The van der Waals surface area contributed by atoms with Crippen molar-refractivity contribution in [1.82, 2.24) is 10.3 Å². The number of anilines is 1. The fourth-order valence-electron chi connectivity index (χ4n) is 2.63. The zero-order valence-corrected chi connectivity index (χ0v) is 15.3. The van der Waals surface area contributed by atoms with Crippen LogP contribution < -0.4 is 10.6 Å². The van der Waals surface area contributed by atoms with Gasteiger partial charge < -0.3 is 15.1 Å². The molecular formula is C21H21N3O3. The molecule has 0 unspecified atom stereocenters. The first-order valence-corrected chi connectivity index (χ1v) is 8.66. The zero-order valence-electron chi connectivity index (χ0n) is 15.3. The Labute approximate surface area is 157 Å². The highest BCUT2D eigenvalue weighted by Crippen LogP contribution is 2.22. The van der Waals surface area contributed by atoms with Crippen LogP contribution in [0.5, 0.6) is 0 Å². The van der Waals surface area contributed by atoms with E-state index in [1.807, 2.05) is 42.5 Å². The van der Waals surface area contributed by atoms with Crippen molar-refractivity contribution in [3.63, 3.8) is 0 Å². The van der Waals surface area contributed by atoms with E-state index in [9.17, 15) is 9.59 Å². The number of nitrogens with one attached hydrogen (secondary N) is 2. The third-order valence-electron chi connectivity index (χ3n) is 4.12. The molecule has 0 aliphatic rings. The minimum Gasteiger partial charge on any atom is -0.441 e. The van der Waals surface area contributed by atoms with E-state index in [0.29, 0.717) is 29.5 Å². The highest BCUT2D eigenvalue weighted by molar-refractivity contribution is 5.92. The van der Waals surface area contributed by atoms with Gasteiger partial charge in [0.2, 0.25) is 17.7 Å². The summed E-state index contributed by atoms with van der Waals surface area (Å²) in [6, 6.07) is 16.8. The number of hydrogen-bond donors (Lipinski definition) is 2. The van der Waals surface area contributed by atoms with Crippen LogP contribution in [0.1, 0.15) is 17.0 Å². The molecule has 0 aliphatic carbocycles. The van der Waals surface area contributed by atoms with Crippen LogP contribution in [0, 0.1) is 6.92 Å². The fourth-order valence-corrected chi connectivity index (χ4v) is 2.63. The lowest BCUT2D eigenvalue weighted by molar-refractivity contribution is -0.120. The van der Waals surface area contributed by atoms with E-state index in [1.54, 1.807) is 26.1 Å². The summed E-state index contributed by atoms with van der Waals surface area (Å²) in [4.78, 5) is 28.2. The summed E-state index contributed by atoms with van der Waals surface area (Å²) in [7, 11) is 1.60. The van der Waals surface area contributed by atoms with Crippen LogP contribution in [-0.2, 0) is 22.4 Å². The number of oxazole rings is 1. The Morgan fingerprint density at radius 1 is 0.963 bits per heavy atom. The molecule has 0 fully saturated rings. The molecular weight excluding hydrogens is 342 g/mol. The van der Waals surface area contributed by atoms with Gasteiger partial charge in [-0.1, -0.05) is 30.3 Å². The monoisotopic (exact) mass is 363 g/mol. The highest BCUT2D eigenvalue weighted by Gasteiger charge is 2.14. The van der Waals surface area contributed by atoms with Gasteiger partial charge in [-0.25, -0.2) is 4.98 Å². The maximum Gasteiger partial charge on any atom is 0.230 e. The number of carbonyl (C=O) groups is 2. The number of benzene rings is 2. The molecule has 3 aromatic rings. The van der Waals surface area contributed by atoms with Gasteiger partial charge >= 0.3 is 0 Å². The summed E-state index contributed by atoms with van der Waals surface area (Å²) in [5.74, 6) is 0.909. The number of carbonyl (C=O) groups excluding carboxylic acids is 2. The van der Waals surface area contributed by atoms with E-state index in [0.717, 1.165) is 11.1 Å². The second-order valence-electron chi connectivity index (χ2n) is 6.16. The van der Waals surface area contributed by atoms with Gasteiger partial charge in [0, 0.05) is 18.3 Å². The van der Waals surface area contributed by atoms with Crippen LogP contribution in [0.2, 0.25) is 0 Å². The average Bonchev–Trinajstić information content (AvgIpc) is 3.04. The molecule has 0 radical (unpaired) electrons. The van der Waals surface area contributed by atoms with Gasteiger partial charge in [-0.05, 0) is 36.8 Å². The first-order chi connectivity index (χ1) is 13.0. The molecule has 3 rings (SSSR count). The summed E-state index contributed by atoms with van der Waals surface area (Å²) in [6.45, 7) is 1.80. The van der Waals surface area contributed by atoms with Crippen LogP contribution in [-0.4, -0.2) is 23.8 Å². The van der Waals surface area contributed by atoms with E-state index in [1.165, 1.54) is 0 Å². The number of nitrogens with zero attached hydrogens (tertiary/aromatic N) is 1. The third-order valence-corrected chi connectivity index (χ3v) is 4.12. The number of aromatic nitrogens is 1. The van der Waals surface area contributed by atoms with Crippen LogP contribution in [0.4, 0.5) is 5.69 Å². The molecule has 138 valence electrons. The first-order valence-electron chi connectivity index (χ1n) is 8.66. The van der Waals surface area contributed by atoms with Gasteiger partial charge in [-0.15, -0.1) is 0 Å². The molecule has 2 N–H and O–H groups in total. The second-order valence-corrected chi connectivity index (χ2v) is 6.16. The maximum atomic E-state index is 12.3. The molecule has 0 bridgehead atoms. The van der Waals surface area contributed by atoms with Crippen molar-refractivity contribution in [2.24, 2.45) is 0 Å². The van der Waals surface area contributed by atoms with Crippen LogP contribution in [0.15, 0.2) is 59.0 Å². The summed E-state index contributed by atoms with van der Waals surface area (Å²) in [5.41, 5.74) is 3.04. The van der Waals surface area contributed by atoms with Crippen LogP contribution in [0.3, 0.4) is 0 Å². The molecule has 1 heterocycles. The number of rotatable bonds is 6. The molecule has 0 saturated carbocycles. The third kappa shape index (κ3) is 4.82. The Morgan fingerprint density at radius 3 is 2.33 bits per heavy atom. The quantitative estimate of drug-likeness (QED) is 0.705. The molecule has 27 heavy (non-hydrogen) atoms. The van der Waals surface area contributed by atoms with Gasteiger partial charge in [0.25, 0.3) is 0 Å². The fraction of sp³-hybridized carbons (Fsp3) is 0.190. The summed E-state index contributed by atoms with van der Waals surface area (Å²) in [5, 5.41) is 5.42. The number of likely N-dealkylation sites (N-methyl/N-ethyl adjacent to an activating group) is 1. The lowest BCUT2D eigenvalue weighted by Gasteiger charge is -2.06. The van der Waals surface area contributed by atoms with Crippen LogP contribution >= 0.6 is 0 Å². The highest BCUT2D eigenvalue weighted by atomic mass is 16.4. The minimum atomic E-state index is -0.176. The molecule has 0 saturated heterocycles. The van der Waals surface area contributed by atoms with Crippen molar-refractivity contribution >= 4 is 17.5 Å². The predicted octanol–water partition coefficient (Wildman–Crippen LogP) is 3.12. The van der Waals surface area contributed by atoms with Crippen molar-refractivity contribution < 1.29 is 14.0 Å². The summed E-state index contributed by atoms with van der Waals surface area (Å²) in [6.07, 6.45) is 0.438. The first kappa shape index (κ1) is 18.4. The zero-order chi connectivity index (χ0) is 19.2. The van der Waals surface area contributed by atoms with Gasteiger partial charge in [-0.3, -0.25) is 9.59 Å². The lowest BCUT2D eigenvalue weighted by Crippen LogP contribution is -2.20. The number of amides is 2. The van der Waals surface area contributed by atoms with Gasteiger partial charge in [0.15, 0.2) is 0 Å². The Morgan fingerprint density at radius 2 is 1.67 bits per heavy atom. The predicted molar refractivity (Wildman–Crippen MR) is 103 cm³/mol. The smallest absolute Gasteiger partial charge is 0.230 e. The van der Waals surface area contributed by atoms with E-state index in [-0.39, 0.29) is 18.2 Å². The van der Waals surface area contributed by atoms with Crippen molar-refractivity contribution in [3.05, 3.63) is 71.6 Å². The van der Waals surface area contributed by atoms with Crippen molar-refractivity contribution in [3.8, 4) is 11.5 Å². The van der Waals surface area contributed by atoms with Crippen molar-refractivity contribution in [2.75, 3.05) is 12.4 Å². The molecule has 1 aromatic heterocycles. The molecule has 2 aromatic carbocycles. The number of hydrogen-bond acceptors (Lipinski definition) is 4. The Balaban J connectivity index is 1.63. The van der Waals surface area contributed by atoms with Gasteiger partial charge in [-0.2, -0.15) is 0 Å². The van der Waals surface area contributed by atoms with Gasteiger partial charge in [0.05, 0.1) is 18.5 Å². The largest absolute Gasteiger partial charge is 0.441 e. The van der Waals surface area contributed by atoms with Crippen LogP contribution in [0.25, 0.3) is 11.5 Å². The van der Waals surface area contributed by atoms with E-state index < -0.39 is 0 Å².